The van der Waals surface area contributed by atoms with Gasteiger partial charge in [-0.3, -0.25) is 14.4 Å². The number of nitrogens with zero attached hydrogens (tertiary/aromatic N) is 2. The molecule has 1 aromatic heterocycles. The van der Waals surface area contributed by atoms with Crippen LogP contribution in [-0.2, 0) is 11.3 Å². The monoisotopic (exact) mass is 673 g/mol. The molecule has 200 valence electrons. The van der Waals surface area contributed by atoms with Gasteiger partial charge in [0.2, 0.25) is 5.91 Å². The number of rotatable bonds is 7. The largest absolute Gasteiger partial charge is 0.497 e. The molecule has 4 atom stereocenters. The summed E-state index contributed by atoms with van der Waals surface area (Å²) in [6.45, 7) is 1.38. The van der Waals surface area contributed by atoms with Crippen LogP contribution in [0.25, 0.3) is 0 Å². The summed E-state index contributed by atoms with van der Waals surface area (Å²) in [5.74, 6) is -2.31. The van der Waals surface area contributed by atoms with Crippen molar-refractivity contribution in [2.45, 2.75) is 29.6 Å². The summed E-state index contributed by atoms with van der Waals surface area (Å²) in [5.41, 5.74) is 0.450. The molecule has 7 nitrogen and oxygen atoms in total. The quantitative estimate of drug-likeness (QED) is 0.233. The maximum absolute atomic E-state index is 15.4. The van der Waals surface area contributed by atoms with E-state index in [0.29, 0.717) is 21.6 Å². The Morgan fingerprint density at radius 1 is 1.26 bits per heavy atom. The van der Waals surface area contributed by atoms with Crippen LogP contribution in [0.1, 0.15) is 27.4 Å². The summed E-state index contributed by atoms with van der Waals surface area (Å²) < 4.78 is 34.1. The lowest BCUT2D eigenvalue weighted by atomic mass is 9.93. The van der Waals surface area contributed by atoms with Crippen molar-refractivity contribution < 1.29 is 23.1 Å². The van der Waals surface area contributed by atoms with Gasteiger partial charge < -0.3 is 19.5 Å². The number of hydrogen-bond acceptors (Lipinski definition) is 4. The number of amides is 2. The van der Waals surface area contributed by atoms with E-state index in [1.165, 1.54) is 41.0 Å². The van der Waals surface area contributed by atoms with Gasteiger partial charge in [0, 0.05) is 40.9 Å². The number of nitrogens with one attached hydrogen (secondary N) is 1. The fraction of sp³-hybridized carbons (Fsp3) is 0.269. The molecule has 0 saturated carbocycles. The third-order valence-electron chi connectivity index (χ3n) is 6.39. The van der Waals surface area contributed by atoms with Crippen LogP contribution in [0.3, 0.4) is 0 Å². The minimum atomic E-state index is -1.32. The minimum absolute atomic E-state index is 0.0574. The van der Waals surface area contributed by atoms with Crippen molar-refractivity contribution in [1.82, 2.24) is 9.88 Å². The predicted molar refractivity (Wildman–Crippen MR) is 154 cm³/mol. The van der Waals surface area contributed by atoms with Gasteiger partial charge in [-0.15, -0.1) is 9.24 Å². The highest BCUT2D eigenvalue weighted by Gasteiger charge is 2.45. The Labute approximate surface area is 238 Å². The van der Waals surface area contributed by atoms with Gasteiger partial charge in [-0.05, 0) is 76.8 Å². The first kappa shape index (κ1) is 28.4. The number of aryl methyl sites for hydroxylation is 1. The molecule has 0 radical (unpaired) electrons. The Morgan fingerprint density at radius 3 is 2.55 bits per heavy atom. The molecule has 1 aliphatic heterocycles. The highest BCUT2D eigenvalue weighted by atomic mass is 127. The molecule has 2 aromatic carbocycles. The van der Waals surface area contributed by atoms with Gasteiger partial charge in [0.05, 0.1) is 13.7 Å². The van der Waals surface area contributed by atoms with Crippen molar-refractivity contribution in [3.05, 3.63) is 86.5 Å². The number of carbonyl (C=O) groups excluding carboxylic acids is 2. The van der Waals surface area contributed by atoms with Crippen LogP contribution in [0.4, 0.5) is 14.5 Å². The van der Waals surface area contributed by atoms with E-state index in [4.69, 9.17) is 16.3 Å². The number of anilines is 1. The van der Waals surface area contributed by atoms with E-state index in [1.54, 1.807) is 53.8 Å². The Balaban J connectivity index is 1.80. The van der Waals surface area contributed by atoms with Gasteiger partial charge in [-0.1, -0.05) is 11.6 Å². The van der Waals surface area contributed by atoms with E-state index in [9.17, 15) is 18.8 Å². The van der Waals surface area contributed by atoms with Crippen LogP contribution in [0, 0.1) is 12.7 Å². The molecule has 1 saturated heterocycles. The van der Waals surface area contributed by atoms with Crippen LogP contribution >= 0.6 is 43.4 Å². The predicted octanol–water partition coefficient (Wildman–Crippen LogP) is 4.12. The number of ether oxygens (including phenoxy) is 1. The van der Waals surface area contributed by atoms with Crippen molar-refractivity contribution in [3.63, 3.8) is 0 Å². The fourth-order valence-corrected chi connectivity index (χ4v) is 5.64. The fourth-order valence-electron chi connectivity index (χ4n) is 4.58. The standard InChI is InChI=1S/C26H24ClF2IN3O4P/c1-13-7-8-32(12-20(29)30)26(36)23(13)33-11-17(21-18(28)9-16(37-2)10-19(21)38)22(25(33)35)31-24(34)14-3-5-15(27)6-4-14/h3-10,17,20,22H,11-12,38H2,1-2H3,(H,31,34)/t17-,20?,22-/m0/s1. The summed E-state index contributed by atoms with van der Waals surface area (Å²) in [6, 6.07) is 9.35. The third kappa shape index (κ3) is 5.72. The summed E-state index contributed by atoms with van der Waals surface area (Å²) in [5, 5.41) is 3.61. The van der Waals surface area contributed by atoms with Crippen molar-refractivity contribution in [3.8, 4) is 5.75 Å². The average Bonchev–Trinajstić information content (AvgIpc) is 3.16. The number of pyridine rings is 1. The average molecular weight is 674 g/mol. The number of aromatic nitrogens is 1. The Morgan fingerprint density at radius 2 is 1.95 bits per heavy atom. The number of alkyl halides is 2. The smallest absolute Gasteiger partial charge is 0.274 e. The Bertz CT molecular complexity index is 1430. The molecule has 2 heterocycles. The molecule has 2 unspecified atom stereocenters. The Hall–Kier alpha value is -2.56. The molecule has 3 aromatic rings. The molecule has 1 N–H and O–H groups in total. The maximum atomic E-state index is 15.4. The van der Waals surface area contributed by atoms with Crippen LogP contribution in [0.5, 0.6) is 5.75 Å². The van der Waals surface area contributed by atoms with Gasteiger partial charge in [-0.25, -0.2) is 8.78 Å². The zero-order valence-corrected chi connectivity index (χ0v) is 24.4. The first-order valence-electron chi connectivity index (χ1n) is 11.5. The van der Waals surface area contributed by atoms with Gasteiger partial charge in [0.15, 0.2) is 4.18 Å². The second kappa shape index (κ2) is 11.7. The molecule has 2 amide bonds. The topological polar surface area (TPSA) is 80.6 Å². The first-order chi connectivity index (χ1) is 18.0. The molecule has 0 aliphatic carbocycles. The molecule has 1 fully saturated rings. The zero-order chi connectivity index (χ0) is 27.7. The minimum Gasteiger partial charge on any atom is -0.497 e. The molecule has 38 heavy (non-hydrogen) atoms. The van der Waals surface area contributed by atoms with Crippen molar-refractivity contribution in [1.29, 1.82) is 0 Å². The lowest BCUT2D eigenvalue weighted by molar-refractivity contribution is -0.118. The van der Waals surface area contributed by atoms with Crippen molar-refractivity contribution in [2.24, 2.45) is 0 Å². The molecule has 4 rings (SSSR count). The molecule has 12 heteroatoms. The number of hydrogen-bond donors (Lipinski definition) is 1. The molecule has 0 spiro atoms. The van der Waals surface area contributed by atoms with Crippen LogP contribution in [-0.4, -0.2) is 40.3 Å². The van der Waals surface area contributed by atoms with Crippen LogP contribution in [0.2, 0.25) is 5.02 Å². The Kier molecular flexibility index (Phi) is 8.74. The van der Waals surface area contributed by atoms with Crippen LogP contribution in [0.15, 0.2) is 53.5 Å². The molecular weight excluding hydrogens is 650 g/mol. The number of methoxy groups -OCH3 is 1. The van der Waals surface area contributed by atoms with E-state index in [-0.39, 0.29) is 29.9 Å². The summed E-state index contributed by atoms with van der Waals surface area (Å²) in [4.78, 5) is 41.5. The molecular formula is C26H24ClF2IN3O4P. The number of halogens is 4. The van der Waals surface area contributed by atoms with E-state index < -0.39 is 39.3 Å². The SMILES string of the molecule is COc1cc(F)c([C@@H]2CN(c3c(C)ccn(CC(F)I)c3=O)C(=O)[C@H]2NC(=O)c2ccc(Cl)cc2)c(P)c1. The third-order valence-corrected chi connectivity index (χ3v) is 7.52. The van der Waals surface area contributed by atoms with E-state index in [0.717, 1.165) is 0 Å². The highest BCUT2D eigenvalue weighted by Crippen LogP contribution is 2.35. The van der Waals surface area contributed by atoms with Crippen molar-refractivity contribution >= 4 is 66.2 Å². The number of benzene rings is 2. The second-order valence-electron chi connectivity index (χ2n) is 8.82. The van der Waals surface area contributed by atoms with Crippen LogP contribution < -0.4 is 25.8 Å². The van der Waals surface area contributed by atoms with E-state index in [2.05, 4.69) is 14.6 Å². The van der Waals surface area contributed by atoms with Gasteiger partial charge in [-0.2, -0.15) is 0 Å². The number of carbonyl (C=O) groups is 2. The van der Waals surface area contributed by atoms with Gasteiger partial charge in [0.1, 0.15) is 23.3 Å². The first-order valence-corrected chi connectivity index (χ1v) is 13.7. The lowest BCUT2D eigenvalue weighted by Crippen LogP contribution is -2.45. The normalized spacial score (nSPS) is 18.0. The summed E-state index contributed by atoms with van der Waals surface area (Å²) in [7, 11) is 3.85. The van der Waals surface area contributed by atoms with Crippen molar-refractivity contribution in [2.75, 3.05) is 18.6 Å². The second-order valence-corrected chi connectivity index (χ2v) is 11.2. The van der Waals surface area contributed by atoms with E-state index >= 15 is 4.39 Å². The van der Waals surface area contributed by atoms with Gasteiger partial charge >= 0.3 is 0 Å². The van der Waals surface area contributed by atoms with Gasteiger partial charge in [0.25, 0.3) is 11.5 Å². The molecule has 0 bridgehead atoms. The van der Waals surface area contributed by atoms with E-state index in [1.807, 2.05) is 0 Å². The summed E-state index contributed by atoms with van der Waals surface area (Å²) in [6.07, 6.45) is 1.47. The highest BCUT2D eigenvalue weighted by molar-refractivity contribution is 14.1. The zero-order valence-electron chi connectivity index (χ0n) is 20.4. The molecule has 1 aliphatic rings. The lowest BCUT2D eigenvalue weighted by Gasteiger charge is -2.21. The maximum Gasteiger partial charge on any atom is 0.274 e. The summed E-state index contributed by atoms with van der Waals surface area (Å²) >= 11 is 7.50.